The van der Waals surface area contributed by atoms with Crippen LogP contribution >= 0.6 is 11.8 Å². The van der Waals surface area contributed by atoms with Crippen LogP contribution in [-0.2, 0) is 4.79 Å². The van der Waals surface area contributed by atoms with Gasteiger partial charge in [0, 0.05) is 6.54 Å². The van der Waals surface area contributed by atoms with E-state index < -0.39 is 0 Å². The van der Waals surface area contributed by atoms with Crippen LogP contribution in [0.3, 0.4) is 0 Å². The molecule has 0 spiro atoms. The Morgan fingerprint density at radius 2 is 2.29 bits per heavy atom. The first-order valence-electron chi connectivity index (χ1n) is 5.23. The summed E-state index contributed by atoms with van der Waals surface area (Å²) in [5.74, 6) is 3.24. The van der Waals surface area contributed by atoms with Crippen LogP contribution in [0.15, 0.2) is 0 Å². The van der Waals surface area contributed by atoms with Crippen molar-refractivity contribution in [3.05, 3.63) is 0 Å². The Morgan fingerprint density at radius 1 is 1.57 bits per heavy atom. The third-order valence-corrected chi connectivity index (χ3v) is 3.33. The average molecular weight is 216 g/mol. The smallest absolute Gasteiger partial charge is 0.230 e. The lowest BCUT2D eigenvalue weighted by molar-refractivity contribution is -0.118. The lowest BCUT2D eigenvalue weighted by Crippen LogP contribution is -2.43. The van der Waals surface area contributed by atoms with E-state index in [-0.39, 0.29) is 5.91 Å². The summed E-state index contributed by atoms with van der Waals surface area (Å²) in [5, 5.41) is 6.14. The summed E-state index contributed by atoms with van der Waals surface area (Å²) in [4.78, 5) is 11.3. The zero-order chi connectivity index (χ0) is 10.4. The Hall–Kier alpha value is -0.220. The van der Waals surface area contributed by atoms with Crippen LogP contribution in [0.25, 0.3) is 0 Å². The average Bonchev–Trinajstić information content (AvgIpc) is 2.06. The standard InChI is InChI=1S/C10H20N2OS/c1-8(2)3-12-10(13)7-14-6-9-4-11-5-9/h8-9,11H,3-7H2,1-2H3,(H,12,13). The zero-order valence-electron chi connectivity index (χ0n) is 9.01. The summed E-state index contributed by atoms with van der Waals surface area (Å²) in [6, 6.07) is 0. The fourth-order valence-electron chi connectivity index (χ4n) is 1.15. The van der Waals surface area contributed by atoms with Gasteiger partial charge in [0.25, 0.3) is 0 Å². The van der Waals surface area contributed by atoms with Crippen molar-refractivity contribution in [3.63, 3.8) is 0 Å². The van der Waals surface area contributed by atoms with Gasteiger partial charge in [-0.05, 0) is 30.7 Å². The number of carbonyl (C=O) groups excluding carboxylic acids is 1. The molecule has 0 aromatic heterocycles. The molecule has 0 aromatic carbocycles. The first-order chi connectivity index (χ1) is 6.68. The van der Waals surface area contributed by atoms with E-state index in [1.807, 2.05) is 0 Å². The number of amides is 1. The highest BCUT2D eigenvalue weighted by Crippen LogP contribution is 2.11. The van der Waals surface area contributed by atoms with Crippen LogP contribution in [0.2, 0.25) is 0 Å². The molecule has 1 fully saturated rings. The number of nitrogens with one attached hydrogen (secondary N) is 2. The van der Waals surface area contributed by atoms with Gasteiger partial charge in [-0.3, -0.25) is 4.79 Å². The second kappa shape index (κ2) is 6.30. The summed E-state index contributed by atoms with van der Waals surface area (Å²) < 4.78 is 0. The molecular formula is C10H20N2OS. The molecule has 1 heterocycles. The van der Waals surface area contributed by atoms with Gasteiger partial charge >= 0.3 is 0 Å². The first kappa shape index (κ1) is 11.9. The predicted molar refractivity (Wildman–Crippen MR) is 61.5 cm³/mol. The molecule has 82 valence electrons. The van der Waals surface area contributed by atoms with Crippen molar-refractivity contribution in [2.75, 3.05) is 31.1 Å². The third-order valence-electron chi connectivity index (χ3n) is 2.16. The van der Waals surface area contributed by atoms with E-state index in [1.165, 1.54) is 0 Å². The van der Waals surface area contributed by atoms with Gasteiger partial charge in [-0.2, -0.15) is 11.8 Å². The molecule has 14 heavy (non-hydrogen) atoms. The van der Waals surface area contributed by atoms with Gasteiger partial charge in [0.2, 0.25) is 5.91 Å². The second-order valence-corrected chi connectivity index (χ2v) is 5.27. The minimum atomic E-state index is 0.177. The predicted octanol–water partition coefficient (Wildman–Crippen LogP) is 0.711. The van der Waals surface area contributed by atoms with Crippen LogP contribution in [-0.4, -0.2) is 37.0 Å². The molecule has 0 unspecified atom stereocenters. The van der Waals surface area contributed by atoms with Crippen LogP contribution in [0.4, 0.5) is 0 Å². The Morgan fingerprint density at radius 3 is 2.79 bits per heavy atom. The highest BCUT2D eigenvalue weighted by Gasteiger charge is 2.16. The Labute approximate surface area is 90.4 Å². The van der Waals surface area contributed by atoms with Gasteiger partial charge in [-0.25, -0.2) is 0 Å². The SMILES string of the molecule is CC(C)CNC(=O)CSCC1CNC1. The molecule has 1 saturated heterocycles. The summed E-state index contributed by atoms with van der Waals surface area (Å²) in [6.45, 7) is 7.26. The molecular weight excluding hydrogens is 196 g/mol. The third kappa shape index (κ3) is 4.86. The van der Waals surface area contributed by atoms with Crippen molar-refractivity contribution >= 4 is 17.7 Å². The first-order valence-corrected chi connectivity index (χ1v) is 6.39. The Balaban J connectivity index is 1.91. The lowest BCUT2D eigenvalue weighted by Gasteiger charge is -2.26. The van der Waals surface area contributed by atoms with E-state index in [1.54, 1.807) is 11.8 Å². The van der Waals surface area contributed by atoms with Crippen LogP contribution in [0, 0.1) is 11.8 Å². The van der Waals surface area contributed by atoms with Gasteiger partial charge in [0.15, 0.2) is 0 Å². The van der Waals surface area contributed by atoms with Crippen molar-refractivity contribution < 1.29 is 4.79 Å². The van der Waals surface area contributed by atoms with Gasteiger partial charge in [-0.1, -0.05) is 13.8 Å². The van der Waals surface area contributed by atoms with Gasteiger partial charge in [-0.15, -0.1) is 0 Å². The monoisotopic (exact) mass is 216 g/mol. The summed E-state index contributed by atoms with van der Waals surface area (Å²) in [5.41, 5.74) is 0. The quantitative estimate of drug-likeness (QED) is 0.687. The van der Waals surface area contributed by atoms with E-state index in [0.29, 0.717) is 11.7 Å². The highest BCUT2D eigenvalue weighted by molar-refractivity contribution is 7.99. The fraction of sp³-hybridized carbons (Fsp3) is 0.900. The largest absolute Gasteiger partial charge is 0.355 e. The molecule has 2 N–H and O–H groups in total. The number of hydrogen-bond donors (Lipinski definition) is 2. The van der Waals surface area contributed by atoms with Crippen molar-refractivity contribution in [3.8, 4) is 0 Å². The summed E-state index contributed by atoms with van der Waals surface area (Å²) in [7, 11) is 0. The van der Waals surface area contributed by atoms with Gasteiger partial charge in [0.05, 0.1) is 5.75 Å². The van der Waals surface area contributed by atoms with Gasteiger partial charge < -0.3 is 10.6 Å². The molecule has 0 bridgehead atoms. The molecule has 1 amide bonds. The zero-order valence-corrected chi connectivity index (χ0v) is 9.82. The number of hydrogen-bond acceptors (Lipinski definition) is 3. The molecule has 3 nitrogen and oxygen atoms in total. The molecule has 1 aliphatic heterocycles. The van der Waals surface area contributed by atoms with E-state index >= 15 is 0 Å². The minimum Gasteiger partial charge on any atom is -0.355 e. The Kier molecular flexibility index (Phi) is 5.33. The maximum absolute atomic E-state index is 11.3. The molecule has 0 aromatic rings. The number of rotatable bonds is 6. The number of thioether (sulfide) groups is 1. The molecule has 0 saturated carbocycles. The van der Waals surface area contributed by atoms with Crippen molar-refractivity contribution in [2.45, 2.75) is 13.8 Å². The van der Waals surface area contributed by atoms with E-state index in [0.717, 1.165) is 31.3 Å². The number of carbonyl (C=O) groups is 1. The molecule has 1 aliphatic rings. The summed E-state index contributed by atoms with van der Waals surface area (Å²) >= 11 is 1.74. The molecule has 1 rings (SSSR count). The maximum atomic E-state index is 11.3. The Bertz CT molecular complexity index is 181. The van der Waals surface area contributed by atoms with E-state index in [2.05, 4.69) is 24.5 Å². The summed E-state index contributed by atoms with van der Waals surface area (Å²) in [6.07, 6.45) is 0. The minimum absolute atomic E-state index is 0.177. The topological polar surface area (TPSA) is 41.1 Å². The van der Waals surface area contributed by atoms with Gasteiger partial charge in [0.1, 0.15) is 0 Å². The van der Waals surface area contributed by atoms with E-state index in [4.69, 9.17) is 0 Å². The molecule has 4 heteroatoms. The van der Waals surface area contributed by atoms with Crippen LogP contribution in [0.5, 0.6) is 0 Å². The normalized spacial score (nSPS) is 16.8. The van der Waals surface area contributed by atoms with E-state index in [9.17, 15) is 4.79 Å². The van der Waals surface area contributed by atoms with Crippen molar-refractivity contribution in [1.82, 2.24) is 10.6 Å². The van der Waals surface area contributed by atoms with Crippen molar-refractivity contribution in [1.29, 1.82) is 0 Å². The highest BCUT2D eigenvalue weighted by atomic mass is 32.2. The lowest BCUT2D eigenvalue weighted by atomic mass is 10.1. The second-order valence-electron chi connectivity index (χ2n) is 4.24. The van der Waals surface area contributed by atoms with Crippen molar-refractivity contribution in [2.24, 2.45) is 11.8 Å². The molecule has 0 radical (unpaired) electrons. The molecule has 0 atom stereocenters. The fourth-order valence-corrected chi connectivity index (χ4v) is 2.13. The molecule has 0 aliphatic carbocycles. The maximum Gasteiger partial charge on any atom is 0.230 e. The van der Waals surface area contributed by atoms with Crippen LogP contribution < -0.4 is 10.6 Å². The van der Waals surface area contributed by atoms with Crippen LogP contribution in [0.1, 0.15) is 13.8 Å².